The van der Waals surface area contributed by atoms with Crippen LogP contribution in [0.25, 0.3) is 0 Å². The molecule has 0 aliphatic heterocycles. The molecule has 0 spiro atoms. The topological polar surface area (TPSA) is 59.0 Å². The molecule has 0 bridgehead atoms. The molecule has 136 valence electrons. The quantitative estimate of drug-likeness (QED) is 0.881. The average molecular weight is 346 g/mol. The van der Waals surface area contributed by atoms with Crippen molar-refractivity contribution in [2.45, 2.75) is 70.8 Å². The van der Waals surface area contributed by atoms with Crippen LogP contribution in [0.4, 0.5) is 13.2 Å². The summed E-state index contributed by atoms with van der Waals surface area (Å²) in [4.78, 5) is 11.8. The maximum Gasteiger partial charge on any atom is 0.405 e. The summed E-state index contributed by atoms with van der Waals surface area (Å²) in [6.07, 6.45) is 0.0987. The highest BCUT2D eigenvalue weighted by Gasteiger charge is 2.31. The Labute approximate surface area is 140 Å². The molecule has 0 saturated carbocycles. The average Bonchev–Trinajstić information content (AvgIpc) is 2.88. The summed E-state index contributed by atoms with van der Waals surface area (Å²) in [5.74, 6) is -0.650. The Morgan fingerprint density at radius 1 is 1.42 bits per heavy atom. The highest BCUT2D eigenvalue weighted by molar-refractivity contribution is 5.81. The van der Waals surface area contributed by atoms with Gasteiger partial charge in [0.25, 0.3) is 0 Å². The van der Waals surface area contributed by atoms with Gasteiger partial charge in [-0.3, -0.25) is 14.8 Å². The lowest BCUT2D eigenvalue weighted by Crippen LogP contribution is -2.46. The fraction of sp³-hybridized carbons (Fsp3) is 0.750. The normalized spacial score (nSPS) is 19.7. The lowest BCUT2D eigenvalue weighted by Gasteiger charge is -2.29. The Hall–Kier alpha value is -1.57. The summed E-state index contributed by atoms with van der Waals surface area (Å²) in [6.45, 7) is 6.49. The second-order valence-corrected chi connectivity index (χ2v) is 7.30. The predicted octanol–water partition coefficient (Wildman–Crippen LogP) is 2.67. The van der Waals surface area contributed by atoms with Gasteiger partial charge in [0.1, 0.15) is 6.54 Å². The van der Waals surface area contributed by atoms with Crippen molar-refractivity contribution in [1.82, 2.24) is 20.4 Å². The zero-order valence-corrected chi connectivity index (χ0v) is 14.5. The highest BCUT2D eigenvalue weighted by atomic mass is 19.4. The molecule has 0 saturated heterocycles. The van der Waals surface area contributed by atoms with E-state index in [4.69, 9.17) is 0 Å². The maximum atomic E-state index is 12.2. The minimum Gasteiger partial charge on any atom is -0.346 e. The molecule has 8 heteroatoms. The molecule has 1 heterocycles. The second kappa shape index (κ2) is 6.74. The molecule has 24 heavy (non-hydrogen) atoms. The summed E-state index contributed by atoms with van der Waals surface area (Å²) < 4.78 is 38.6. The molecule has 1 amide bonds. The van der Waals surface area contributed by atoms with Gasteiger partial charge >= 0.3 is 6.18 Å². The molecular weight excluding hydrogens is 321 g/mol. The minimum atomic E-state index is -4.40. The van der Waals surface area contributed by atoms with E-state index in [1.807, 2.05) is 10.00 Å². The Bertz CT molecular complexity index is 589. The fourth-order valence-corrected chi connectivity index (χ4v) is 3.03. The van der Waals surface area contributed by atoms with Crippen molar-refractivity contribution >= 4 is 5.91 Å². The first kappa shape index (κ1) is 18.8. The number of amides is 1. The molecular formula is C16H25F3N4O. The predicted molar refractivity (Wildman–Crippen MR) is 84.6 cm³/mol. The van der Waals surface area contributed by atoms with Gasteiger partial charge in [0.2, 0.25) is 5.91 Å². The molecule has 0 fully saturated rings. The number of aromatic nitrogens is 2. The van der Waals surface area contributed by atoms with E-state index in [9.17, 15) is 18.0 Å². The maximum absolute atomic E-state index is 12.2. The first-order chi connectivity index (χ1) is 11.0. The molecule has 1 aromatic rings. The van der Waals surface area contributed by atoms with E-state index in [-0.39, 0.29) is 11.6 Å². The Kier molecular flexibility index (Phi) is 5.27. The Morgan fingerprint density at radius 3 is 2.67 bits per heavy atom. The largest absolute Gasteiger partial charge is 0.405 e. The van der Waals surface area contributed by atoms with Gasteiger partial charge in [-0.1, -0.05) is 0 Å². The van der Waals surface area contributed by atoms with Crippen LogP contribution >= 0.6 is 0 Å². The van der Waals surface area contributed by atoms with Crippen LogP contribution in [0.1, 0.15) is 57.8 Å². The summed E-state index contributed by atoms with van der Waals surface area (Å²) in [7, 11) is 0. The van der Waals surface area contributed by atoms with Gasteiger partial charge in [0.05, 0.1) is 17.8 Å². The SMILES string of the molecule is C[C@H](N[C@@H]1CCCc2c1cnn2C(C)(C)C)C(=O)NCC(F)(F)F. The number of halogens is 3. The van der Waals surface area contributed by atoms with E-state index >= 15 is 0 Å². The number of hydrogen-bond acceptors (Lipinski definition) is 3. The summed E-state index contributed by atoms with van der Waals surface area (Å²) >= 11 is 0. The summed E-state index contributed by atoms with van der Waals surface area (Å²) in [5, 5.41) is 9.53. The van der Waals surface area contributed by atoms with Gasteiger partial charge in [-0.25, -0.2) is 0 Å². The smallest absolute Gasteiger partial charge is 0.346 e. The van der Waals surface area contributed by atoms with Crippen LogP contribution in [0.15, 0.2) is 6.20 Å². The van der Waals surface area contributed by atoms with Crippen LogP contribution in [0, 0.1) is 0 Å². The molecule has 5 nitrogen and oxygen atoms in total. The van der Waals surface area contributed by atoms with E-state index in [1.165, 1.54) is 0 Å². The van der Waals surface area contributed by atoms with E-state index in [2.05, 4.69) is 31.2 Å². The number of carbonyl (C=O) groups is 1. The molecule has 0 unspecified atom stereocenters. The van der Waals surface area contributed by atoms with Gasteiger partial charge in [-0.05, 0) is 47.0 Å². The molecule has 1 aliphatic carbocycles. The van der Waals surface area contributed by atoms with Crippen molar-refractivity contribution in [3.8, 4) is 0 Å². The molecule has 2 rings (SSSR count). The zero-order valence-electron chi connectivity index (χ0n) is 14.5. The van der Waals surface area contributed by atoms with Gasteiger partial charge in [0, 0.05) is 17.3 Å². The van der Waals surface area contributed by atoms with Gasteiger partial charge < -0.3 is 5.32 Å². The van der Waals surface area contributed by atoms with E-state index < -0.39 is 24.7 Å². The third kappa shape index (κ3) is 4.49. The van der Waals surface area contributed by atoms with Crippen molar-refractivity contribution in [1.29, 1.82) is 0 Å². The van der Waals surface area contributed by atoms with Gasteiger partial charge in [-0.2, -0.15) is 18.3 Å². The van der Waals surface area contributed by atoms with Gasteiger partial charge in [0.15, 0.2) is 0 Å². The van der Waals surface area contributed by atoms with Crippen LogP contribution in [-0.2, 0) is 16.8 Å². The molecule has 2 N–H and O–H groups in total. The first-order valence-electron chi connectivity index (χ1n) is 8.17. The lowest BCUT2D eigenvalue weighted by molar-refractivity contribution is -0.139. The van der Waals surface area contributed by atoms with Crippen molar-refractivity contribution in [3.05, 3.63) is 17.5 Å². The van der Waals surface area contributed by atoms with E-state index in [1.54, 1.807) is 13.1 Å². The third-order valence-corrected chi connectivity index (χ3v) is 4.13. The Morgan fingerprint density at radius 2 is 2.08 bits per heavy atom. The van der Waals surface area contributed by atoms with Crippen molar-refractivity contribution in [2.24, 2.45) is 0 Å². The molecule has 0 aromatic carbocycles. The fourth-order valence-electron chi connectivity index (χ4n) is 3.03. The Balaban J connectivity index is 2.05. The molecule has 1 aromatic heterocycles. The number of fused-ring (bicyclic) bond motifs is 1. The van der Waals surface area contributed by atoms with Crippen LogP contribution in [-0.4, -0.2) is 34.5 Å². The van der Waals surface area contributed by atoms with Crippen LogP contribution in [0.3, 0.4) is 0 Å². The molecule has 0 radical (unpaired) electrons. The minimum absolute atomic E-state index is 0.0727. The van der Waals surface area contributed by atoms with E-state index in [0.717, 1.165) is 30.5 Å². The number of alkyl halides is 3. The van der Waals surface area contributed by atoms with E-state index in [0.29, 0.717) is 0 Å². The van der Waals surface area contributed by atoms with Crippen LogP contribution in [0.5, 0.6) is 0 Å². The van der Waals surface area contributed by atoms with Crippen LogP contribution in [0.2, 0.25) is 0 Å². The third-order valence-electron chi connectivity index (χ3n) is 4.13. The van der Waals surface area contributed by atoms with Crippen LogP contribution < -0.4 is 10.6 Å². The van der Waals surface area contributed by atoms with Crippen molar-refractivity contribution < 1.29 is 18.0 Å². The number of hydrogen-bond donors (Lipinski definition) is 2. The standard InChI is InChI=1S/C16H25F3N4O/c1-10(14(24)20-9-16(17,18)19)22-12-6-5-7-13-11(12)8-21-23(13)15(2,3)4/h8,10,12,22H,5-7,9H2,1-4H3,(H,20,24)/t10-,12+/m0/s1. The summed E-state index contributed by atoms with van der Waals surface area (Å²) in [5.41, 5.74) is 2.03. The lowest BCUT2D eigenvalue weighted by atomic mass is 9.91. The zero-order chi connectivity index (χ0) is 18.1. The second-order valence-electron chi connectivity index (χ2n) is 7.30. The number of rotatable bonds is 4. The summed E-state index contributed by atoms with van der Waals surface area (Å²) in [6, 6.07) is -0.780. The van der Waals surface area contributed by atoms with Crippen molar-refractivity contribution in [3.63, 3.8) is 0 Å². The number of carbonyl (C=O) groups excluding carboxylic acids is 1. The monoisotopic (exact) mass is 346 g/mol. The molecule has 2 atom stereocenters. The van der Waals surface area contributed by atoms with Gasteiger partial charge in [-0.15, -0.1) is 0 Å². The van der Waals surface area contributed by atoms with Crippen molar-refractivity contribution in [2.75, 3.05) is 6.54 Å². The highest BCUT2D eigenvalue weighted by Crippen LogP contribution is 2.32. The molecule has 1 aliphatic rings. The number of nitrogens with zero attached hydrogens (tertiary/aromatic N) is 2. The first-order valence-corrected chi connectivity index (χ1v) is 8.17. The number of nitrogens with one attached hydrogen (secondary N) is 2.